The van der Waals surface area contributed by atoms with Crippen molar-refractivity contribution >= 4 is 37.0 Å². The second-order valence-corrected chi connectivity index (χ2v) is 7.90. The van der Waals surface area contributed by atoms with E-state index in [9.17, 15) is 28.4 Å². The number of hydrogen-bond acceptors (Lipinski definition) is 6. The average Bonchev–Trinajstić information content (AvgIpc) is 3.31. The van der Waals surface area contributed by atoms with Crippen LogP contribution in [0.5, 0.6) is 0 Å². The van der Waals surface area contributed by atoms with Crippen molar-refractivity contribution in [3.05, 3.63) is 58.2 Å². The Morgan fingerprint density at radius 2 is 1.22 bits per heavy atom. The number of benzene rings is 2. The molecule has 0 saturated carbocycles. The first-order valence-electron chi connectivity index (χ1n) is 10.0. The maximum atomic E-state index is 14.2. The molecule has 2 aromatic carbocycles. The molecule has 0 bridgehead atoms. The van der Waals surface area contributed by atoms with E-state index in [1.807, 2.05) is 0 Å². The fraction of sp³-hybridized carbons (Fsp3) is 0.300. The second-order valence-electron chi connectivity index (χ2n) is 7.90. The van der Waals surface area contributed by atoms with E-state index < -0.39 is 49.8 Å². The van der Waals surface area contributed by atoms with Gasteiger partial charge < -0.3 is 30.0 Å². The number of hydrogen-bond donors (Lipinski definition) is 4. The van der Waals surface area contributed by atoms with Gasteiger partial charge in [0.2, 0.25) is 0 Å². The molecule has 4 N–H and O–H groups in total. The largest absolute Gasteiger partial charge is 0.491 e. The molecule has 4 rings (SSSR count). The first-order chi connectivity index (χ1) is 15.2. The van der Waals surface area contributed by atoms with Crippen LogP contribution < -0.4 is 21.6 Å². The van der Waals surface area contributed by atoms with Gasteiger partial charge in [0.05, 0.1) is 13.2 Å². The Morgan fingerprint density at radius 1 is 0.844 bits per heavy atom. The third-order valence-electron chi connectivity index (χ3n) is 5.76. The van der Waals surface area contributed by atoms with Crippen LogP contribution in [0.4, 0.5) is 8.78 Å². The molecule has 2 aromatic rings. The highest BCUT2D eigenvalue weighted by atomic mass is 19.1. The van der Waals surface area contributed by atoms with Gasteiger partial charge in [0.1, 0.15) is 11.6 Å². The summed E-state index contributed by atoms with van der Waals surface area (Å²) < 4.78 is 38.4. The SMILES string of the molecule is CC(NC(=O)c1cc(F)c2c(c1)B(O)OC2)C(C)NC(=O)c1cc(F)c2c(c1)B(O)OC2. The zero-order valence-electron chi connectivity index (χ0n) is 17.3. The predicted molar refractivity (Wildman–Crippen MR) is 111 cm³/mol. The standard InChI is InChI=1S/C20H20B2F2N2O6/c1-9(25-19(27)11-3-15-13(17(23)5-11)7-31-21(15)29)10(2)26-20(28)12-4-16-14(18(24)6-12)8-32-22(16)30/h3-6,9-10,29-30H,7-8H2,1-2H3,(H,25,27)(H,26,28). The van der Waals surface area contributed by atoms with E-state index in [1.54, 1.807) is 13.8 Å². The van der Waals surface area contributed by atoms with Gasteiger partial charge in [-0.3, -0.25) is 9.59 Å². The van der Waals surface area contributed by atoms with Crippen molar-refractivity contribution in [1.29, 1.82) is 0 Å². The van der Waals surface area contributed by atoms with Crippen molar-refractivity contribution in [2.75, 3.05) is 0 Å². The van der Waals surface area contributed by atoms with E-state index in [0.717, 1.165) is 12.1 Å². The lowest BCUT2D eigenvalue weighted by molar-refractivity contribution is 0.0891. The summed E-state index contributed by atoms with van der Waals surface area (Å²) in [5.74, 6) is -2.49. The highest BCUT2D eigenvalue weighted by Crippen LogP contribution is 2.17. The number of fused-ring (bicyclic) bond motifs is 2. The van der Waals surface area contributed by atoms with E-state index in [2.05, 4.69) is 10.6 Å². The molecule has 12 heteroatoms. The third-order valence-corrected chi connectivity index (χ3v) is 5.76. The summed E-state index contributed by atoms with van der Waals surface area (Å²) in [6.07, 6.45) is 0. The maximum absolute atomic E-state index is 14.2. The minimum Gasteiger partial charge on any atom is -0.423 e. The molecule has 2 aliphatic rings. The molecule has 166 valence electrons. The number of rotatable bonds is 5. The Bertz CT molecular complexity index is 1020. The lowest BCUT2D eigenvalue weighted by Gasteiger charge is -2.23. The van der Waals surface area contributed by atoms with Crippen molar-refractivity contribution < 1.29 is 37.7 Å². The van der Waals surface area contributed by atoms with Crippen molar-refractivity contribution in [2.45, 2.75) is 39.1 Å². The molecule has 8 nitrogen and oxygen atoms in total. The number of carbonyl (C=O) groups excluding carboxylic acids is 2. The molecule has 0 saturated heterocycles. The van der Waals surface area contributed by atoms with Gasteiger partial charge in [-0.1, -0.05) is 0 Å². The third kappa shape index (κ3) is 4.14. The van der Waals surface area contributed by atoms with Gasteiger partial charge in [0, 0.05) is 34.3 Å². The van der Waals surface area contributed by atoms with Crippen LogP contribution in [0, 0.1) is 11.6 Å². The number of halogens is 2. The Balaban J connectivity index is 1.42. The van der Waals surface area contributed by atoms with Crippen molar-refractivity contribution in [1.82, 2.24) is 10.6 Å². The molecular formula is C20H20B2F2N2O6. The van der Waals surface area contributed by atoms with Crippen LogP contribution in [0.1, 0.15) is 45.7 Å². The molecule has 2 heterocycles. The van der Waals surface area contributed by atoms with Gasteiger partial charge in [-0.25, -0.2) is 8.78 Å². The molecule has 0 aliphatic carbocycles. The fourth-order valence-corrected chi connectivity index (χ4v) is 3.66. The van der Waals surface area contributed by atoms with Crippen LogP contribution in [-0.4, -0.2) is 48.2 Å². The molecule has 2 unspecified atom stereocenters. The Morgan fingerprint density at radius 3 is 1.59 bits per heavy atom. The van der Waals surface area contributed by atoms with Gasteiger partial charge in [-0.05, 0) is 49.0 Å². The Hall–Kier alpha value is -2.79. The smallest absolute Gasteiger partial charge is 0.423 e. The van der Waals surface area contributed by atoms with Crippen LogP contribution in [-0.2, 0) is 22.5 Å². The number of amides is 2. The molecule has 2 amide bonds. The van der Waals surface area contributed by atoms with Crippen molar-refractivity contribution in [3.8, 4) is 0 Å². The van der Waals surface area contributed by atoms with Crippen LogP contribution >= 0.6 is 0 Å². The molecule has 0 radical (unpaired) electrons. The van der Waals surface area contributed by atoms with E-state index in [4.69, 9.17) is 9.31 Å². The van der Waals surface area contributed by atoms with Crippen LogP contribution in [0.2, 0.25) is 0 Å². The fourth-order valence-electron chi connectivity index (χ4n) is 3.66. The highest BCUT2D eigenvalue weighted by Gasteiger charge is 2.32. The zero-order valence-corrected chi connectivity index (χ0v) is 17.3. The second kappa shape index (κ2) is 8.62. The molecule has 2 atom stereocenters. The van der Waals surface area contributed by atoms with Crippen molar-refractivity contribution in [2.24, 2.45) is 0 Å². The van der Waals surface area contributed by atoms with Crippen LogP contribution in [0.3, 0.4) is 0 Å². The molecule has 0 aromatic heterocycles. The summed E-state index contributed by atoms with van der Waals surface area (Å²) in [6.45, 7) is 3.14. The van der Waals surface area contributed by atoms with Gasteiger partial charge >= 0.3 is 14.2 Å². The van der Waals surface area contributed by atoms with E-state index in [-0.39, 0.29) is 46.4 Å². The molecule has 0 fully saturated rings. The first-order valence-corrected chi connectivity index (χ1v) is 10.0. The Labute approximate surface area is 183 Å². The lowest BCUT2D eigenvalue weighted by Crippen LogP contribution is -2.49. The molecule has 2 aliphatic heterocycles. The van der Waals surface area contributed by atoms with Gasteiger partial charge in [0.25, 0.3) is 11.8 Å². The maximum Gasteiger partial charge on any atom is 0.491 e. The summed E-state index contributed by atoms with van der Waals surface area (Å²) in [5.41, 5.74) is 0.833. The average molecular weight is 444 g/mol. The van der Waals surface area contributed by atoms with Gasteiger partial charge in [0.15, 0.2) is 0 Å². The van der Waals surface area contributed by atoms with Gasteiger partial charge in [-0.2, -0.15) is 0 Å². The van der Waals surface area contributed by atoms with E-state index in [1.165, 1.54) is 12.1 Å². The monoisotopic (exact) mass is 444 g/mol. The summed E-state index contributed by atoms with van der Waals surface area (Å²) in [6, 6.07) is 3.71. The normalized spacial score (nSPS) is 16.4. The molecule has 0 spiro atoms. The number of carbonyl (C=O) groups is 2. The summed E-state index contributed by atoms with van der Waals surface area (Å²) in [4.78, 5) is 25.2. The first kappa shape index (κ1) is 22.4. The summed E-state index contributed by atoms with van der Waals surface area (Å²) in [7, 11) is -2.58. The van der Waals surface area contributed by atoms with E-state index in [0.29, 0.717) is 0 Å². The zero-order chi connectivity index (χ0) is 23.2. The molecule has 32 heavy (non-hydrogen) atoms. The van der Waals surface area contributed by atoms with Gasteiger partial charge in [-0.15, -0.1) is 0 Å². The quantitative estimate of drug-likeness (QED) is 0.456. The summed E-state index contributed by atoms with van der Waals surface area (Å²) in [5, 5.41) is 24.9. The van der Waals surface area contributed by atoms with Crippen LogP contribution in [0.15, 0.2) is 24.3 Å². The topological polar surface area (TPSA) is 117 Å². The van der Waals surface area contributed by atoms with Crippen LogP contribution in [0.25, 0.3) is 0 Å². The predicted octanol–water partition coefficient (Wildman–Crippen LogP) is -0.663. The Kier molecular flexibility index (Phi) is 6.04. The minimum absolute atomic E-state index is 0.00542. The minimum atomic E-state index is -1.29. The van der Waals surface area contributed by atoms with Crippen molar-refractivity contribution in [3.63, 3.8) is 0 Å². The number of nitrogens with one attached hydrogen (secondary N) is 2. The summed E-state index contributed by atoms with van der Waals surface area (Å²) >= 11 is 0. The molecular weight excluding hydrogens is 424 g/mol. The van der Waals surface area contributed by atoms with E-state index >= 15 is 0 Å². The lowest BCUT2D eigenvalue weighted by atomic mass is 9.78. The highest BCUT2D eigenvalue weighted by molar-refractivity contribution is 6.62.